The maximum absolute atomic E-state index is 11.5. The molecule has 1 heterocycles. The first-order valence-corrected chi connectivity index (χ1v) is 9.81. The molecule has 4 rings (SSSR count). The molecule has 1 aliphatic heterocycles. The quantitative estimate of drug-likeness (QED) is 0.491. The summed E-state index contributed by atoms with van der Waals surface area (Å²) >= 11 is 0. The van der Waals surface area contributed by atoms with Crippen LogP contribution in [0.1, 0.15) is 5.56 Å². The van der Waals surface area contributed by atoms with Crippen LogP contribution in [-0.4, -0.2) is 36.0 Å². The van der Waals surface area contributed by atoms with Crippen molar-refractivity contribution in [3.05, 3.63) is 94.5 Å². The minimum Gasteiger partial charge on any atom is -0.369 e. The lowest BCUT2D eigenvalue weighted by molar-refractivity contribution is -0.383. The zero-order valence-electron chi connectivity index (χ0n) is 16.2. The number of benzene rings is 3. The van der Waals surface area contributed by atoms with Crippen molar-refractivity contribution >= 4 is 22.7 Å². The Balaban J connectivity index is 1.46. The number of para-hydroxylation sites is 1. The number of nitrogens with one attached hydrogen (secondary N) is 1. The van der Waals surface area contributed by atoms with Gasteiger partial charge in [-0.05, 0) is 29.8 Å². The SMILES string of the molecule is O=[N+]([O-])c1ccc(N2CCN(Cc3ccccc3)CC2)cc1Nc1ccccc1. The summed E-state index contributed by atoms with van der Waals surface area (Å²) in [6, 6.07) is 25.4. The lowest BCUT2D eigenvalue weighted by Gasteiger charge is -2.36. The smallest absolute Gasteiger partial charge is 0.292 e. The number of anilines is 3. The highest BCUT2D eigenvalue weighted by Gasteiger charge is 2.20. The molecular formula is C23H24N4O2. The summed E-state index contributed by atoms with van der Waals surface area (Å²) in [5, 5.41) is 14.7. The lowest BCUT2D eigenvalue weighted by Crippen LogP contribution is -2.45. The summed E-state index contributed by atoms with van der Waals surface area (Å²) in [6.07, 6.45) is 0. The van der Waals surface area contributed by atoms with Gasteiger partial charge in [0.25, 0.3) is 5.69 Å². The van der Waals surface area contributed by atoms with Gasteiger partial charge < -0.3 is 10.2 Å². The molecule has 1 fully saturated rings. The van der Waals surface area contributed by atoms with Crippen molar-refractivity contribution in [2.75, 3.05) is 36.4 Å². The second-order valence-corrected chi connectivity index (χ2v) is 7.20. The lowest BCUT2D eigenvalue weighted by atomic mass is 10.1. The van der Waals surface area contributed by atoms with Crippen molar-refractivity contribution in [1.82, 2.24) is 4.90 Å². The van der Waals surface area contributed by atoms with Crippen molar-refractivity contribution in [3.63, 3.8) is 0 Å². The van der Waals surface area contributed by atoms with Crippen LogP contribution >= 0.6 is 0 Å². The number of hydrogen-bond donors (Lipinski definition) is 1. The molecule has 0 radical (unpaired) electrons. The first-order valence-electron chi connectivity index (χ1n) is 9.81. The van der Waals surface area contributed by atoms with Crippen molar-refractivity contribution in [2.45, 2.75) is 6.54 Å². The summed E-state index contributed by atoms with van der Waals surface area (Å²) < 4.78 is 0. The van der Waals surface area contributed by atoms with Crippen molar-refractivity contribution < 1.29 is 4.92 Å². The van der Waals surface area contributed by atoms with Crippen LogP contribution in [0, 0.1) is 10.1 Å². The number of nitrogens with zero attached hydrogens (tertiary/aromatic N) is 3. The van der Waals surface area contributed by atoms with E-state index in [1.165, 1.54) is 5.56 Å². The molecule has 0 spiro atoms. The number of rotatable bonds is 6. The molecule has 3 aromatic carbocycles. The third-order valence-corrected chi connectivity index (χ3v) is 5.22. The fraction of sp³-hybridized carbons (Fsp3) is 0.217. The van der Waals surface area contributed by atoms with Crippen LogP contribution in [0.5, 0.6) is 0 Å². The van der Waals surface area contributed by atoms with Gasteiger partial charge in [0, 0.05) is 50.2 Å². The monoisotopic (exact) mass is 388 g/mol. The van der Waals surface area contributed by atoms with Gasteiger partial charge in [-0.2, -0.15) is 0 Å². The van der Waals surface area contributed by atoms with Crippen LogP contribution < -0.4 is 10.2 Å². The topological polar surface area (TPSA) is 61.7 Å². The fourth-order valence-electron chi connectivity index (χ4n) is 3.66. The van der Waals surface area contributed by atoms with E-state index >= 15 is 0 Å². The Bertz CT molecular complexity index is 955. The van der Waals surface area contributed by atoms with E-state index in [1.54, 1.807) is 6.07 Å². The molecule has 1 aliphatic rings. The summed E-state index contributed by atoms with van der Waals surface area (Å²) in [4.78, 5) is 15.9. The number of nitro groups is 1. The van der Waals surface area contributed by atoms with E-state index in [-0.39, 0.29) is 10.6 Å². The van der Waals surface area contributed by atoms with E-state index < -0.39 is 0 Å². The number of nitro benzene ring substituents is 1. The molecule has 1 saturated heterocycles. The zero-order chi connectivity index (χ0) is 20.1. The summed E-state index contributed by atoms with van der Waals surface area (Å²) in [5.74, 6) is 0. The molecule has 29 heavy (non-hydrogen) atoms. The van der Waals surface area contributed by atoms with Gasteiger partial charge in [0.15, 0.2) is 0 Å². The molecule has 0 bridgehead atoms. The second kappa shape index (κ2) is 8.75. The normalized spacial score (nSPS) is 14.6. The molecule has 148 valence electrons. The predicted molar refractivity (Wildman–Crippen MR) is 117 cm³/mol. The van der Waals surface area contributed by atoms with E-state index in [2.05, 4.69) is 39.4 Å². The van der Waals surface area contributed by atoms with Crippen LogP contribution in [0.3, 0.4) is 0 Å². The summed E-state index contributed by atoms with van der Waals surface area (Å²) in [5.41, 5.74) is 3.77. The molecule has 0 saturated carbocycles. The van der Waals surface area contributed by atoms with Gasteiger partial charge in [-0.3, -0.25) is 15.0 Å². The third kappa shape index (κ3) is 4.73. The standard InChI is InChI=1S/C23H24N4O2/c28-27(29)23-12-11-21(17-22(23)24-20-9-5-2-6-10-20)26-15-13-25(14-16-26)18-19-7-3-1-4-8-19/h1-12,17,24H,13-16,18H2. The number of hydrogen-bond acceptors (Lipinski definition) is 5. The van der Waals surface area contributed by atoms with Crippen molar-refractivity contribution in [1.29, 1.82) is 0 Å². The Morgan fingerprint density at radius 1 is 0.862 bits per heavy atom. The van der Waals surface area contributed by atoms with Crippen LogP contribution in [0.15, 0.2) is 78.9 Å². The molecule has 1 N–H and O–H groups in total. The predicted octanol–water partition coefficient (Wildman–Crippen LogP) is 4.66. The first-order chi connectivity index (χ1) is 14.2. The van der Waals surface area contributed by atoms with Gasteiger partial charge in [-0.1, -0.05) is 48.5 Å². The molecule has 6 nitrogen and oxygen atoms in total. The fourth-order valence-corrected chi connectivity index (χ4v) is 3.66. The highest BCUT2D eigenvalue weighted by molar-refractivity contribution is 5.74. The van der Waals surface area contributed by atoms with Gasteiger partial charge in [0.2, 0.25) is 0 Å². The van der Waals surface area contributed by atoms with E-state index in [0.717, 1.165) is 44.1 Å². The second-order valence-electron chi connectivity index (χ2n) is 7.20. The summed E-state index contributed by atoms with van der Waals surface area (Å²) in [6.45, 7) is 4.68. The Labute approximate surface area is 170 Å². The highest BCUT2D eigenvalue weighted by atomic mass is 16.6. The minimum absolute atomic E-state index is 0.0836. The Morgan fingerprint density at radius 3 is 2.17 bits per heavy atom. The molecule has 0 atom stereocenters. The van der Waals surface area contributed by atoms with Crippen molar-refractivity contribution in [3.8, 4) is 0 Å². The molecular weight excluding hydrogens is 364 g/mol. The summed E-state index contributed by atoms with van der Waals surface area (Å²) in [7, 11) is 0. The maximum Gasteiger partial charge on any atom is 0.292 e. The van der Waals surface area contributed by atoms with Crippen molar-refractivity contribution in [2.24, 2.45) is 0 Å². The Morgan fingerprint density at radius 2 is 1.52 bits per heavy atom. The highest BCUT2D eigenvalue weighted by Crippen LogP contribution is 2.32. The third-order valence-electron chi connectivity index (χ3n) is 5.22. The van der Waals surface area contributed by atoms with Crippen LogP contribution in [0.4, 0.5) is 22.7 Å². The molecule has 6 heteroatoms. The molecule has 0 amide bonds. The minimum atomic E-state index is -0.340. The van der Waals surface area contributed by atoms with Gasteiger partial charge >= 0.3 is 0 Å². The van der Waals surface area contributed by atoms with E-state index in [0.29, 0.717) is 5.69 Å². The molecule has 0 aliphatic carbocycles. The van der Waals surface area contributed by atoms with Crippen LogP contribution in [0.25, 0.3) is 0 Å². The van der Waals surface area contributed by atoms with E-state index in [4.69, 9.17) is 0 Å². The van der Waals surface area contributed by atoms with Gasteiger partial charge in [-0.15, -0.1) is 0 Å². The largest absolute Gasteiger partial charge is 0.369 e. The van der Waals surface area contributed by atoms with Gasteiger partial charge in [0.05, 0.1) is 4.92 Å². The maximum atomic E-state index is 11.5. The van der Waals surface area contributed by atoms with E-state index in [9.17, 15) is 10.1 Å². The van der Waals surface area contributed by atoms with Gasteiger partial charge in [0.1, 0.15) is 5.69 Å². The van der Waals surface area contributed by atoms with Gasteiger partial charge in [-0.25, -0.2) is 0 Å². The number of piperazine rings is 1. The Hall–Kier alpha value is -3.38. The molecule has 0 aromatic heterocycles. The van der Waals surface area contributed by atoms with Crippen LogP contribution in [0.2, 0.25) is 0 Å². The first kappa shape index (κ1) is 19.0. The average molecular weight is 388 g/mol. The Kier molecular flexibility index (Phi) is 5.72. The zero-order valence-corrected chi connectivity index (χ0v) is 16.2. The average Bonchev–Trinajstić information content (AvgIpc) is 2.75. The van der Waals surface area contributed by atoms with E-state index in [1.807, 2.05) is 48.5 Å². The van der Waals surface area contributed by atoms with Crippen LogP contribution in [-0.2, 0) is 6.54 Å². The molecule has 3 aromatic rings. The molecule has 0 unspecified atom stereocenters.